The SMILES string of the molecule is CC(C)(CCO)NC(=O)C1CCOc2ccccc21. The predicted molar refractivity (Wildman–Crippen MR) is 73.2 cm³/mol. The molecule has 1 unspecified atom stereocenters. The number of rotatable bonds is 4. The summed E-state index contributed by atoms with van der Waals surface area (Å²) < 4.78 is 5.56. The normalized spacial score (nSPS) is 18.4. The maximum Gasteiger partial charge on any atom is 0.228 e. The molecule has 0 radical (unpaired) electrons. The van der Waals surface area contributed by atoms with Crippen molar-refractivity contribution in [3.8, 4) is 5.75 Å². The van der Waals surface area contributed by atoms with E-state index in [1.54, 1.807) is 0 Å². The standard InChI is InChI=1S/C15H21NO3/c1-15(2,8-9-17)16-14(18)12-7-10-19-13-6-4-3-5-11(12)13/h3-6,12,17H,7-10H2,1-2H3,(H,16,18). The highest BCUT2D eigenvalue weighted by atomic mass is 16.5. The number of nitrogens with one attached hydrogen (secondary N) is 1. The van der Waals surface area contributed by atoms with E-state index in [9.17, 15) is 4.79 Å². The molecule has 1 aromatic rings. The lowest BCUT2D eigenvalue weighted by Crippen LogP contribution is -2.46. The highest BCUT2D eigenvalue weighted by molar-refractivity contribution is 5.85. The van der Waals surface area contributed by atoms with Crippen molar-refractivity contribution in [2.75, 3.05) is 13.2 Å². The van der Waals surface area contributed by atoms with Crippen LogP contribution in [-0.4, -0.2) is 29.8 Å². The Kier molecular flexibility index (Phi) is 4.10. The van der Waals surface area contributed by atoms with Gasteiger partial charge in [0.15, 0.2) is 0 Å². The van der Waals surface area contributed by atoms with Crippen molar-refractivity contribution < 1.29 is 14.6 Å². The Morgan fingerprint density at radius 3 is 2.95 bits per heavy atom. The Hall–Kier alpha value is -1.55. The van der Waals surface area contributed by atoms with Crippen LogP contribution in [0.1, 0.15) is 38.2 Å². The van der Waals surface area contributed by atoms with Gasteiger partial charge in [-0.05, 0) is 32.8 Å². The van der Waals surface area contributed by atoms with Crippen LogP contribution in [0.4, 0.5) is 0 Å². The lowest BCUT2D eigenvalue weighted by Gasteiger charge is -2.30. The van der Waals surface area contributed by atoms with Crippen molar-refractivity contribution in [2.24, 2.45) is 0 Å². The number of benzene rings is 1. The van der Waals surface area contributed by atoms with Crippen LogP contribution in [0, 0.1) is 0 Å². The summed E-state index contributed by atoms with van der Waals surface area (Å²) in [4.78, 5) is 12.4. The molecule has 2 rings (SSSR count). The number of para-hydroxylation sites is 1. The molecule has 2 N–H and O–H groups in total. The molecule has 1 amide bonds. The van der Waals surface area contributed by atoms with Gasteiger partial charge in [-0.15, -0.1) is 0 Å². The maximum atomic E-state index is 12.4. The van der Waals surface area contributed by atoms with E-state index in [1.165, 1.54) is 0 Å². The number of ether oxygens (including phenoxy) is 1. The van der Waals surface area contributed by atoms with Crippen molar-refractivity contribution in [1.29, 1.82) is 0 Å². The van der Waals surface area contributed by atoms with E-state index in [4.69, 9.17) is 9.84 Å². The monoisotopic (exact) mass is 263 g/mol. The maximum absolute atomic E-state index is 12.4. The van der Waals surface area contributed by atoms with E-state index in [2.05, 4.69) is 5.32 Å². The molecule has 0 saturated heterocycles. The second kappa shape index (κ2) is 5.61. The minimum Gasteiger partial charge on any atom is -0.493 e. The first-order valence-corrected chi connectivity index (χ1v) is 6.68. The second-order valence-corrected chi connectivity index (χ2v) is 5.57. The number of amides is 1. The number of aliphatic hydroxyl groups is 1. The lowest BCUT2D eigenvalue weighted by molar-refractivity contribution is -0.125. The van der Waals surface area contributed by atoms with Crippen molar-refractivity contribution in [1.82, 2.24) is 5.32 Å². The number of aliphatic hydroxyl groups excluding tert-OH is 1. The van der Waals surface area contributed by atoms with Crippen molar-refractivity contribution in [2.45, 2.75) is 38.1 Å². The van der Waals surface area contributed by atoms with Gasteiger partial charge in [-0.2, -0.15) is 0 Å². The molecule has 1 atom stereocenters. The summed E-state index contributed by atoms with van der Waals surface area (Å²) in [5.74, 6) is 0.644. The minimum atomic E-state index is -0.390. The third-order valence-electron chi connectivity index (χ3n) is 3.47. The van der Waals surface area contributed by atoms with Gasteiger partial charge in [0.1, 0.15) is 5.75 Å². The van der Waals surface area contributed by atoms with E-state index in [-0.39, 0.29) is 24.0 Å². The fourth-order valence-electron chi connectivity index (χ4n) is 2.38. The third-order valence-corrected chi connectivity index (χ3v) is 3.47. The molecule has 4 heteroatoms. The highest BCUT2D eigenvalue weighted by Crippen LogP contribution is 2.33. The summed E-state index contributed by atoms with van der Waals surface area (Å²) in [6.07, 6.45) is 1.24. The molecule has 1 aliphatic rings. The third kappa shape index (κ3) is 3.26. The van der Waals surface area contributed by atoms with Gasteiger partial charge >= 0.3 is 0 Å². The van der Waals surface area contributed by atoms with Gasteiger partial charge in [-0.3, -0.25) is 4.79 Å². The Bertz CT molecular complexity index is 456. The van der Waals surface area contributed by atoms with Crippen LogP contribution >= 0.6 is 0 Å². The molecule has 0 aromatic heterocycles. The molecular weight excluding hydrogens is 242 g/mol. The Morgan fingerprint density at radius 1 is 1.47 bits per heavy atom. The number of fused-ring (bicyclic) bond motifs is 1. The Balaban J connectivity index is 2.13. The van der Waals surface area contributed by atoms with Crippen molar-refractivity contribution in [3.63, 3.8) is 0 Å². The number of carbonyl (C=O) groups excluding carboxylic acids is 1. The van der Waals surface area contributed by atoms with Crippen LogP contribution in [0.25, 0.3) is 0 Å². The zero-order valence-electron chi connectivity index (χ0n) is 11.5. The summed E-state index contributed by atoms with van der Waals surface area (Å²) in [5, 5.41) is 12.0. The average molecular weight is 263 g/mol. The molecule has 0 saturated carbocycles. The predicted octanol–water partition coefficient (Wildman–Crippen LogP) is 1.83. The van der Waals surface area contributed by atoms with Crippen LogP contribution in [0.15, 0.2) is 24.3 Å². The van der Waals surface area contributed by atoms with Gasteiger partial charge in [-0.1, -0.05) is 18.2 Å². The Labute approximate surface area is 113 Å². The fourth-order valence-corrected chi connectivity index (χ4v) is 2.38. The zero-order valence-corrected chi connectivity index (χ0v) is 11.5. The summed E-state index contributed by atoms with van der Waals surface area (Å²) in [7, 11) is 0. The van der Waals surface area contributed by atoms with Crippen LogP contribution in [0.5, 0.6) is 5.75 Å². The summed E-state index contributed by atoms with van der Waals surface area (Å²) in [5.41, 5.74) is 0.560. The molecule has 4 nitrogen and oxygen atoms in total. The van der Waals surface area contributed by atoms with E-state index in [0.717, 1.165) is 11.3 Å². The van der Waals surface area contributed by atoms with Gasteiger partial charge in [-0.25, -0.2) is 0 Å². The van der Waals surface area contributed by atoms with Gasteiger partial charge in [0.2, 0.25) is 5.91 Å². The Morgan fingerprint density at radius 2 is 2.21 bits per heavy atom. The largest absolute Gasteiger partial charge is 0.493 e. The van der Waals surface area contributed by atoms with Crippen LogP contribution in [0.3, 0.4) is 0 Å². The smallest absolute Gasteiger partial charge is 0.228 e. The average Bonchev–Trinajstić information content (AvgIpc) is 2.37. The lowest BCUT2D eigenvalue weighted by atomic mass is 9.90. The molecule has 0 bridgehead atoms. The zero-order chi connectivity index (χ0) is 13.9. The van der Waals surface area contributed by atoms with Gasteiger partial charge in [0.25, 0.3) is 0 Å². The summed E-state index contributed by atoms with van der Waals surface area (Å²) in [6, 6.07) is 7.67. The highest BCUT2D eigenvalue weighted by Gasteiger charge is 2.30. The number of hydrogen-bond acceptors (Lipinski definition) is 3. The van der Waals surface area contributed by atoms with Crippen LogP contribution in [0.2, 0.25) is 0 Å². The topological polar surface area (TPSA) is 58.6 Å². The van der Waals surface area contributed by atoms with Gasteiger partial charge in [0, 0.05) is 17.7 Å². The first kappa shape index (κ1) is 13.9. The van der Waals surface area contributed by atoms with E-state index >= 15 is 0 Å². The van der Waals surface area contributed by atoms with Crippen LogP contribution in [-0.2, 0) is 4.79 Å². The van der Waals surface area contributed by atoms with Crippen LogP contribution < -0.4 is 10.1 Å². The second-order valence-electron chi connectivity index (χ2n) is 5.57. The molecule has 0 spiro atoms. The quantitative estimate of drug-likeness (QED) is 0.871. The van der Waals surface area contributed by atoms with Gasteiger partial charge < -0.3 is 15.2 Å². The van der Waals surface area contributed by atoms with Crippen molar-refractivity contribution in [3.05, 3.63) is 29.8 Å². The molecule has 1 aromatic carbocycles. The van der Waals surface area contributed by atoms with Crippen molar-refractivity contribution >= 4 is 5.91 Å². The van der Waals surface area contributed by atoms with E-state index in [0.29, 0.717) is 19.4 Å². The molecule has 1 heterocycles. The van der Waals surface area contributed by atoms with E-state index in [1.807, 2.05) is 38.1 Å². The molecule has 0 aliphatic carbocycles. The molecule has 19 heavy (non-hydrogen) atoms. The summed E-state index contributed by atoms with van der Waals surface area (Å²) in [6.45, 7) is 4.48. The first-order valence-electron chi connectivity index (χ1n) is 6.68. The molecule has 0 fully saturated rings. The number of carbonyl (C=O) groups is 1. The van der Waals surface area contributed by atoms with E-state index < -0.39 is 0 Å². The molecule has 1 aliphatic heterocycles. The molecular formula is C15H21NO3. The van der Waals surface area contributed by atoms with Gasteiger partial charge in [0.05, 0.1) is 12.5 Å². The fraction of sp³-hybridized carbons (Fsp3) is 0.533. The number of hydrogen-bond donors (Lipinski definition) is 2. The minimum absolute atomic E-state index is 0.00852. The first-order chi connectivity index (χ1) is 9.03. The molecule has 104 valence electrons. The summed E-state index contributed by atoms with van der Waals surface area (Å²) >= 11 is 0.